The lowest BCUT2D eigenvalue weighted by molar-refractivity contribution is -0.0442. The summed E-state index contributed by atoms with van der Waals surface area (Å²) in [6, 6.07) is 17.5. The quantitative estimate of drug-likeness (QED) is 0.714. The highest BCUT2D eigenvalue weighted by Crippen LogP contribution is 2.34. The van der Waals surface area contributed by atoms with Crippen LogP contribution < -0.4 is 0 Å². The molecule has 1 aromatic heterocycles. The Labute approximate surface area is 155 Å². The largest absolute Gasteiger partial charge is 0.393 e. The molecule has 1 fully saturated rings. The minimum absolute atomic E-state index is 0.0168. The summed E-state index contributed by atoms with van der Waals surface area (Å²) in [4.78, 5) is 0. The molecule has 2 aromatic carbocycles. The summed E-state index contributed by atoms with van der Waals surface area (Å²) < 4.78 is 8.28. The topological polar surface area (TPSA) is 34.4 Å². The zero-order chi connectivity index (χ0) is 17.9. The number of aryl methyl sites for hydroxylation is 1. The lowest BCUT2D eigenvalue weighted by Crippen LogP contribution is -2.23. The van der Waals surface area contributed by atoms with Crippen LogP contribution in [-0.4, -0.2) is 22.4 Å². The van der Waals surface area contributed by atoms with Crippen LogP contribution in [0.1, 0.15) is 49.0 Å². The zero-order valence-corrected chi connectivity index (χ0v) is 15.4. The van der Waals surface area contributed by atoms with E-state index in [2.05, 4.69) is 66.2 Å². The van der Waals surface area contributed by atoms with Crippen molar-refractivity contribution in [2.45, 2.75) is 51.4 Å². The number of nitrogens with zero attached hydrogens (tertiary/aromatic N) is 1. The molecular weight excluding hydrogens is 322 g/mol. The monoisotopic (exact) mass is 349 g/mol. The molecule has 2 heterocycles. The van der Waals surface area contributed by atoms with Crippen molar-refractivity contribution in [2.75, 3.05) is 6.61 Å². The molecule has 1 aliphatic heterocycles. The number of fused-ring (bicyclic) bond motifs is 1. The van der Waals surface area contributed by atoms with Gasteiger partial charge in [-0.3, -0.25) is 0 Å². The third kappa shape index (κ3) is 3.55. The van der Waals surface area contributed by atoms with Crippen LogP contribution in [0, 0.1) is 0 Å². The highest BCUT2D eigenvalue weighted by molar-refractivity contribution is 5.84. The number of aliphatic hydroxyl groups excluding tert-OH is 1. The predicted octanol–water partition coefficient (Wildman–Crippen LogP) is 4.85. The Bertz CT molecular complexity index is 866. The lowest BCUT2D eigenvalue weighted by atomic mass is 9.99. The van der Waals surface area contributed by atoms with Crippen LogP contribution in [0.15, 0.2) is 54.7 Å². The number of ether oxygens (including phenoxy) is 1. The Morgan fingerprint density at radius 1 is 1.08 bits per heavy atom. The Balaban J connectivity index is 1.65. The number of rotatable bonds is 5. The van der Waals surface area contributed by atoms with Gasteiger partial charge in [0.15, 0.2) is 0 Å². The van der Waals surface area contributed by atoms with Crippen LogP contribution in [-0.2, 0) is 17.7 Å². The van der Waals surface area contributed by atoms with Gasteiger partial charge in [0.25, 0.3) is 0 Å². The van der Waals surface area contributed by atoms with Crippen molar-refractivity contribution in [3.63, 3.8) is 0 Å². The van der Waals surface area contributed by atoms with Gasteiger partial charge in [-0.25, -0.2) is 0 Å². The van der Waals surface area contributed by atoms with E-state index in [0.29, 0.717) is 13.0 Å². The molecule has 0 unspecified atom stereocenters. The van der Waals surface area contributed by atoms with Crippen molar-refractivity contribution < 1.29 is 9.84 Å². The van der Waals surface area contributed by atoms with Crippen molar-refractivity contribution in [1.29, 1.82) is 0 Å². The van der Waals surface area contributed by atoms with E-state index in [1.165, 1.54) is 34.0 Å². The van der Waals surface area contributed by atoms with Gasteiger partial charge in [0, 0.05) is 42.2 Å². The number of aliphatic hydroxyl groups is 1. The summed E-state index contributed by atoms with van der Waals surface area (Å²) in [6.07, 6.45) is 5.67. The molecule has 0 aliphatic carbocycles. The van der Waals surface area contributed by atoms with Crippen molar-refractivity contribution in [2.24, 2.45) is 0 Å². The Morgan fingerprint density at radius 2 is 1.85 bits per heavy atom. The Kier molecular flexibility index (Phi) is 5.09. The highest BCUT2D eigenvalue weighted by Gasteiger charge is 2.25. The van der Waals surface area contributed by atoms with Gasteiger partial charge < -0.3 is 14.4 Å². The first kappa shape index (κ1) is 17.3. The van der Waals surface area contributed by atoms with E-state index >= 15 is 0 Å². The molecule has 0 spiro atoms. The number of aromatic nitrogens is 1. The van der Waals surface area contributed by atoms with Crippen molar-refractivity contribution in [1.82, 2.24) is 4.57 Å². The van der Waals surface area contributed by atoms with Gasteiger partial charge >= 0.3 is 0 Å². The van der Waals surface area contributed by atoms with Crippen molar-refractivity contribution in [3.8, 4) is 0 Å². The third-order valence-electron chi connectivity index (χ3n) is 5.34. The molecule has 26 heavy (non-hydrogen) atoms. The standard InChI is InChI=1S/C23H27NO2/c1-2-5-17-8-10-18(11-9-17)15-24-16-21(20-6-3-4-7-22(20)24)23-14-19(25)12-13-26-23/h3-4,6-11,16,19,23,25H,2,5,12-15H2,1H3/t19-,23+/m0/s1. The van der Waals surface area contributed by atoms with Gasteiger partial charge in [-0.05, 0) is 30.0 Å². The molecule has 3 aromatic rings. The smallest absolute Gasteiger partial charge is 0.0870 e. The Morgan fingerprint density at radius 3 is 2.62 bits per heavy atom. The number of hydrogen-bond acceptors (Lipinski definition) is 2. The van der Waals surface area contributed by atoms with Crippen molar-refractivity contribution >= 4 is 10.9 Å². The van der Waals surface area contributed by atoms with Gasteiger partial charge in [-0.1, -0.05) is 55.8 Å². The second-order valence-corrected chi connectivity index (χ2v) is 7.33. The number of hydrogen-bond donors (Lipinski definition) is 1. The first-order valence-electron chi connectivity index (χ1n) is 9.70. The summed E-state index contributed by atoms with van der Waals surface area (Å²) in [5.74, 6) is 0. The minimum atomic E-state index is -0.262. The summed E-state index contributed by atoms with van der Waals surface area (Å²) >= 11 is 0. The van der Waals surface area contributed by atoms with E-state index in [1.54, 1.807) is 0 Å². The summed E-state index contributed by atoms with van der Waals surface area (Å²) in [5.41, 5.74) is 5.13. The fraction of sp³-hybridized carbons (Fsp3) is 0.391. The predicted molar refractivity (Wildman–Crippen MR) is 105 cm³/mol. The van der Waals surface area contributed by atoms with Crippen LogP contribution >= 0.6 is 0 Å². The molecule has 0 amide bonds. The van der Waals surface area contributed by atoms with Crippen molar-refractivity contribution in [3.05, 3.63) is 71.4 Å². The highest BCUT2D eigenvalue weighted by atomic mass is 16.5. The average molecular weight is 349 g/mol. The second kappa shape index (κ2) is 7.65. The molecule has 1 saturated heterocycles. The molecule has 4 rings (SSSR count). The Hall–Kier alpha value is -2.10. The zero-order valence-electron chi connectivity index (χ0n) is 15.4. The van der Waals surface area contributed by atoms with E-state index in [4.69, 9.17) is 4.74 Å². The van der Waals surface area contributed by atoms with Gasteiger partial charge in [-0.2, -0.15) is 0 Å². The summed E-state index contributed by atoms with van der Waals surface area (Å²) in [5, 5.41) is 11.3. The van der Waals surface area contributed by atoms with Gasteiger partial charge in [-0.15, -0.1) is 0 Å². The molecule has 136 valence electrons. The summed E-state index contributed by atoms with van der Waals surface area (Å²) in [7, 11) is 0. The normalized spacial score (nSPS) is 20.5. The molecule has 0 radical (unpaired) electrons. The molecular formula is C23H27NO2. The molecule has 1 N–H and O–H groups in total. The summed E-state index contributed by atoms with van der Waals surface area (Å²) in [6.45, 7) is 3.69. The fourth-order valence-corrected chi connectivity index (χ4v) is 3.96. The van der Waals surface area contributed by atoms with Crippen LogP contribution in [0.2, 0.25) is 0 Å². The maximum Gasteiger partial charge on any atom is 0.0870 e. The number of para-hydroxylation sites is 1. The van der Waals surface area contributed by atoms with E-state index in [9.17, 15) is 5.11 Å². The number of benzene rings is 2. The van der Waals surface area contributed by atoms with Crippen LogP contribution in [0.3, 0.4) is 0 Å². The molecule has 0 bridgehead atoms. The molecule has 0 saturated carbocycles. The van der Waals surface area contributed by atoms with E-state index in [-0.39, 0.29) is 12.2 Å². The van der Waals surface area contributed by atoms with Gasteiger partial charge in [0.1, 0.15) is 0 Å². The maximum atomic E-state index is 10.0. The van der Waals surface area contributed by atoms with Crippen LogP contribution in [0.25, 0.3) is 10.9 Å². The minimum Gasteiger partial charge on any atom is -0.393 e. The van der Waals surface area contributed by atoms with Gasteiger partial charge in [0.2, 0.25) is 0 Å². The second-order valence-electron chi connectivity index (χ2n) is 7.33. The average Bonchev–Trinajstić information content (AvgIpc) is 3.02. The van der Waals surface area contributed by atoms with Crippen LogP contribution in [0.4, 0.5) is 0 Å². The third-order valence-corrected chi connectivity index (χ3v) is 5.34. The van der Waals surface area contributed by atoms with Gasteiger partial charge in [0.05, 0.1) is 12.2 Å². The first-order valence-corrected chi connectivity index (χ1v) is 9.70. The molecule has 2 atom stereocenters. The lowest BCUT2D eigenvalue weighted by Gasteiger charge is -2.26. The van der Waals surface area contributed by atoms with Crippen LogP contribution in [0.5, 0.6) is 0 Å². The molecule has 3 heteroatoms. The van der Waals surface area contributed by atoms with E-state index in [0.717, 1.165) is 19.4 Å². The van der Waals surface area contributed by atoms with E-state index < -0.39 is 0 Å². The van der Waals surface area contributed by atoms with E-state index in [1.807, 2.05) is 0 Å². The molecule has 1 aliphatic rings. The maximum absolute atomic E-state index is 10.0. The SMILES string of the molecule is CCCc1ccc(Cn2cc([C@H]3C[C@@H](O)CCO3)c3ccccc32)cc1. The molecule has 3 nitrogen and oxygen atoms in total. The first-order chi connectivity index (χ1) is 12.7. The fourth-order valence-electron chi connectivity index (χ4n) is 3.96.